The molecule has 1 heterocycles. The number of nitrogens with one attached hydrogen (secondary N) is 1. The molecule has 0 fully saturated rings. The Balaban J connectivity index is 3.03. The molecule has 0 amide bonds. The number of allylic oxidation sites excluding steroid dienone is 5. The van der Waals surface area contributed by atoms with Crippen molar-refractivity contribution in [2.75, 3.05) is 26.5 Å². The molecule has 30 heavy (non-hydrogen) atoms. The Hall–Kier alpha value is -1.92. The van der Waals surface area contributed by atoms with Crippen LogP contribution in [0.2, 0.25) is 0 Å². The summed E-state index contributed by atoms with van der Waals surface area (Å²) in [6.07, 6.45) is 12.4. The van der Waals surface area contributed by atoms with E-state index in [2.05, 4.69) is 53.2 Å². The molecule has 0 aliphatic carbocycles. The molecule has 1 rings (SSSR count). The summed E-state index contributed by atoms with van der Waals surface area (Å²) in [5, 5.41) is 3.24. The zero-order chi connectivity index (χ0) is 22.4. The highest BCUT2D eigenvalue weighted by atomic mass is 19.3. The SMILES string of the molecule is C/C=C(\C=C/C(/C=C\CC)CC)C1=NCC/C=C(C(F)(F)OCF)\C(C)=C/CNC1. The molecule has 3 nitrogen and oxygen atoms in total. The van der Waals surface area contributed by atoms with E-state index in [0.717, 1.165) is 24.1 Å². The standard InChI is InChI=1S/C24H35F3N2O/c1-5-8-10-20(6-2)12-13-21(7-3)23-17-28-16-14-19(4)22(11-9-15-29-23)24(26,27)30-18-25/h7-8,10-14,20,28H,5-6,9,15-18H2,1-4H3/b10-8-,13-12-,19-14-,21-7+,22-11+,29-23?. The van der Waals surface area contributed by atoms with Crippen LogP contribution in [0.3, 0.4) is 0 Å². The maximum absolute atomic E-state index is 14.1. The van der Waals surface area contributed by atoms with E-state index in [0.29, 0.717) is 37.5 Å². The van der Waals surface area contributed by atoms with Gasteiger partial charge in [0, 0.05) is 25.2 Å². The van der Waals surface area contributed by atoms with Crippen molar-refractivity contribution < 1.29 is 17.9 Å². The van der Waals surface area contributed by atoms with Crippen LogP contribution < -0.4 is 5.32 Å². The Morgan fingerprint density at radius 3 is 2.70 bits per heavy atom. The van der Waals surface area contributed by atoms with Gasteiger partial charge in [-0.2, -0.15) is 8.78 Å². The Morgan fingerprint density at radius 1 is 1.30 bits per heavy atom. The van der Waals surface area contributed by atoms with E-state index in [4.69, 9.17) is 0 Å². The monoisotopic (exact) mass is 424 g/mol. The third-order valence-corrected chi connectivity index (χ3v) is 4.86. The van der Waals surface area contributed by atoms with Crippen molar-refractivity contribution in [2.45, 2.75) is 53.1 Å². The van der Waals surface area contributed by atoms with Gasteiger partial charge < -0.3 is 5.32 Å². The van der Waals surface area contributed by atoms with E-state index in [1.807, 2.05) is 13.0 Å². The molecule has 0 saturated carbocycles. The van der Waals surface area contributed by atoms with E-state index in [1.165, 1.54) is 6.08 Å². The van der Waals surface area contributed by atoms with E-state index in [-0.39, 0.29) is 5.57 Å². The number of alkyl halides is 3. The second-order valence-corrected chi connectivity index (χ2v) is 7.03. The smallest absolute Gasteiger partial charge is 0.308 e. The lowest BCUT2D eigenvalue weighted by Crippen LogP contribution is -2.26. The fourth-order valence-corrected chi connectivity index (χ4v) is 3.07. The average molecular weight is 425 g/mol. The number of rotatable bonds is 9. The number of nitrogens with zero attached hydrogens (tertiary/aromatic N) is 1. The first-order chi connectivity index (χ1) is 14.4. The van der Waals surface area contributed by atoms with Gasteiger partial charge in [0.2, 0.25) is 0 Å². The highest BCUT2D eigenvalue weighted by Crippen LogP contribution is 2.31. The minimum Gasteiger partial charge on any atom is -0.308 e. The second-order valence-electron chi connectivity index (χ2n) is 7.03. The van der Waals surface area contributed by atoms with Crippen LogP contribution >= 0.6 is 0 Å². The lowest BCUT2D eigenvalue weighted by molar-refractivity contribution is -0.226. The molecular weight excluding hydrogens is 389 g/mol. The van der Waals surface area contributed by atoms with Crippen molar-refractivity contribution in [1.29, 1.82) is 0 Å². The zero-order valence-corrected chi connectivity index (χ0v) is 18.6. The number of hydrogen-bond donors (Lipinski definition) is 1. The topological polar surface area (TPSA) is 33.6 Å². The maximum atomic E-state index is 14.1. The van der Waals surface area contributed by atoms with Gasteiger partial charge in [-0.1, -0.05) is 56.4 Å². The first-order valence-electron chi connectivity index (χ1n) is 10.6. The van der Waals surface area contributed by atoms with Gasteiger partial charge in [0.15, 0.2) is 6.86 Å². The molecule has 1 aliphatic heterocycles. The fraction of sp³-hybridized carbons (Fsp3) is 0.542. The first kappa shape index (κ1) is 26.1. The average Bonchev–Trinajstić information content (AvgIpc) is 2.75. The van der Waals surface area contributed by atoms with E-state index in [9.17, 15) is 13.2 Å². The molecule has 0 saturated heterocycles. The van der Waals surface area contributed by atoms with Gasteiger partial charge in [-0.15, -0.1) is 0 Å². The van der Waals surface area contributed by atoms with E-state index in [1.54, 1.807) is 13.0 Å². The van der Waals surface area contributed by atoms with Gasteiger partial charge in [-0.05, 0) is 50.2 Å². The maximum Gasteiger partial charge on any atom is 0.385 e. The van der Waals surface area contributed by atoms with Crippen molar-refractivity contribution in [3.8, 4) is 0 Å². The molecule has 1 atom stereocenters. The lowest BCUT2D eigenvalue weighted by atomic mass is 10.0. The third-order valence-electron chi connectivity index (χ3n) is 4.86. The quantitative estimate of drug-likeness (QED) is 0.347. The molecule has 0 aromatic carbocycles. The summed E-state index contributed by atoms with van der Waals surface area (Å²) in [5.74, 6) is 0.366. The summed E-state index contributed by atoms with van der Waals surface area (Å²) in [5.41, 5.74) is 1.96. The molecule has 168 valence electrons. The van der Waals surface area contributed by atoms with Gasteiger partial charge in [0.1, 0.15) is 0 Å². The summed E-state index contributed by atoms with van der Waals surface area (Å²) >= 11 is 0. The van der Waals surface area contributed by atoms with Crippen molar-refractivity contribution in [1.82, 2.24) is 5.32 Å². The zero-order valence-electron chi connectivity index (χ0n) is 18.6. The van der Waals surface area contributed by atoms with Crippen LogP contribution in [0, 0.1) is 5.92 Å². The van der Waals surface area contributed by atoms with E-state index < -0.39 is 13.0 Å². The number of aliphatic imine (C=N–C) groups is 1. The summed E-state index contributed by atoms with van der Waals surface area (Å²) in [7, 11) is 0. The Labute approximate surface area is 179 Å². The molecule has 6 heteroatoms. The summed E-state index contributed by atoms with van der Waals surface area (Å²) < 4.78 is 44.6. The van der Waals surface area contributed by atoms with Gasteiger partial charge in [0.05, 0.1) is 5.71 Å². The molecule has 1 unspecified atom stereocenters. The van der Waals surface area contributed by atoms with Gasteiger partial charge in [0.25, 0.3) is 0 Å². The summed E-state index contributed by atoms with van der Waals surface area (Å²) in [4.78, 5) is 4.64. The molecule has 0 spiro atoms. The number of hydrogen-bond acceptors (Lipinski definition) is 3. The third kappa shape index (κ3) is 8.84. The van der Waals surface area contributed by atoms with E-state index >= 15 is 0 Å². The Bertz CT molecular complexity index is 703. The molecular formula is C24H35F3N2O. The van der Waals surface area contributed by atoms with Crippen LogP contribution in [-0.4, -0.2) is 38.3 Å². The first-order valence-corrected chi connectivity index (χ1v) is 10.6. The van der Waals surface area contributed by atoms with Gasteiger partial charge in [-0.3, -0.25) is 9.73 Å². The van der Waals surface area contributed by atoms with Crippen LogP contribution in [0.5, 0.6) is 0 Å². The number of ether oxygens (including phenoxy) is 1. The van der Waals surface area contributed by atoms with Crippen molar-refractivity contribution in [3.63, 3.8) is 0 Å². The largest absolute Gasteiger partial charge is 0.385 e. The van der Waals surface area contributed by atoms with Crippen molar-refractivity contribution >= 4 is 5.71 Å². The number of halogens is 3. The van der Waals surface area contributed by atoms with Crippen molar-refractivity contribution in [2.24, 2.45) is 10.9 Å². The molecule has 1 N–H and O–H groups in total. The summed E-state index contributed by atoms with van der Waals surface area (Å²) in [6, 6.07) is 0. The van der Waals surface area contributed by atoms with Gasteiger partial charge in [-0.25, -0.2) is 4.39 Å². The van der Waals surface area contributed by atoms with Crippen LogP contribution in [0.25, 0.3) is 0 Å². The van der Waals surface area contributed by atoms with Crippen molar-refractivity contribution in [3.05, 3.63) is 59.3 Å². The summed E-state index contributed by atoms with van der Waals surface area (Å²) in [6.45, 7) is 7.55. The van der Waals surface area contributed by atoms with Gasteiger partial charge >= 0.3 is 6.11 Å². The second kappa shape index (κ2) is 14.1. The molecule has 0 aromatic heterocycles. The minimum atomic E-state index is -3.66. The van der Waals surface area contributed by atoms with Crippen LogP contribution in [-0.2, 0) is 4.74 Å². The highest BCUT2D eigenvalue weighted by molar-refractivity contribution is 6.04. The predicted molar refractivity (Wildman–Crippen MR) is 120 cm³/mol. The molecule has 0 bridgehead atoms. The minimum absolute atomic E-state index is 0.305. The Kier molecular flexibility index (Phi) is 12.3. The fourth-order valence-electron chi connectivity index (χ4n) is 3.07. The highest BCUT2D eigenvalue weighted by Gasteiger charge is 2.36. The van der Waals surface area contributed by atoms with Crippen LogP contribution in [0.15, 0.2) is 64.2 Å². The Morgan fingerprint density at radius 2 is 2.07 bits per heavy atom. The molecule has 1 aliphatic rings. The van der Waals surface area contributed by atoms with Crippen LogP contribution in [0.4, 0.5) is 13.2 Å². The molecule has 0 radical (unpaired) electrons. The normalized spacial score (nSPS) is 22.2. The lowest BCUT2D eigenvalue weighted by Gasteiger charge is -2.19. The van der Waals surface area contributed by atoms with Crippen LogP contribution in [0.1, 0.15) is 47.0 Å². The predicted octanol–water partition coefficient (Wildman–Crippen LogP) is 6.32. The molecule has 0 aromatic rings.